The van der Waals surface area contributed by atoms with Gasteiger partial charge >= 0.3 is 0 Å². The average Bonchev–Trinajstić information content (AvgIpc) is 2.87. The standard InChI is InChI=1S/C9H4F5N3S/c10-4-3(1-18-9-15-2-16-17-9)5(11)7(13)8(14)6(4)12/h2H,1H2,(H,15,16,17). The minimum Gasteiger partial charge on any atom is -0.254 e. The molecule has 0 spiro atoms. The molecule has 0 amide bonds. The molecule has 18 heavy (non-hydrogen) atoms. The number of benzene rings is 1. The number of rotatable bonds is 3. The van der Waals surface area contributed by atoms with Gasteiger partial charge in [-0.1, -0.05) is 11.8 Å². The van der Waals surface area contributed by atoms with Crippen molar-refractivity contribution in [2.24, 2.45) is 0 Å². The zero-order valence-electron chi connectivity index (χ0n) is 8.48. The first kappa shape index (κ1) is 12.8. The molecule has 0 bridgehead atoms. The number of nitrogens with one attached hydrogen (secondary N) is 1. The Bertz CT molecular complexity index is 543. The second-order valence-electron chi connectivity index (χ2n) is 3.13. The van der Waals surface area contributed by atoms with Crippen molar-refractivity contribution in [2.75, 3.05) is 0 Å². The highest BCUT2D eigenvalue weighted by atomic mass is 32.2. The molecule has 0 radical (unpaired) electrons. The van der Waals surface area contributed by atoms with E-state index in [1.165, 1.54) is 0 Å². The normalized spacial score (nSPS) is 10.9. The fraction of sp³-hybridized carbons (Fsp3) is 0.111. The van der Waals surface area contributed by atoms with Gasteiger partial charge in [-0.05, 0) is 0 Å². The lowest BCUT2D eigenvalue weighted by Crippen LogP contribution is -2.06. The molecule has 1 aromatic heterocycles. The van der Waals surface area contributed by atoms with Gasteiger partial charge < -0.3 is 0 Å². The lowest BCUT2D eigenvalue weighted by Gasteiger charge is -2.06. The van der Waals surface area contributed by atoms with E-state index in [0.29, 0.717) is 0 Å². The van der Waals surface area contributed by atoms with Crippen molar-refractivity contribution in [1.82, 2.24) is 15.2 Å². The van der Waals surface area contributed by atoms with Crippen LogP contribution in [0.15, 0.2) is 11.5 Å². The molecule has 2 aromatic rings. The molecule has 0 saturated carbocycles. The Balaban J connectivity index is 2.33. The monoisotopic (exact) mass is 281 g/mol. The second-order valence-corrected chi connectivity index (χ2v) is 4.09. The summed E-state index contributed by atoms with van der Waals surface area (Å²) in [4.78, 5) is 3.64. The van der Waals surface area contributed by atoms with E-state index >= 15 is 0 Å². The molecule has 0 aliphatic carbocycles. The smallest absolute Gasteiger partial charge is 0.200 e. The molecular formula is C9H4F5N3S. The van der Waals surface area contributed by atoms with Crippen molar-refractivity contribution in [3.63, 3.8) is 0 Å². The summed E-state index contributed by atoms with van der Waals surface area (Å²) >= 11 is 0.767. The molecule has 0 fully saturated rings. The van der Waals surface area contributed by atoms with Gasteiger partial charge in [0.25, 0.3) is 0 Å². The summed E-state index contributed by atoms with van der Waals surface area (Å²) < 4.78 is 65.0. The molecule has 0 aliphatic rings. The molecule has 96 valence electrons. The largest absolute Gasteiger partial charge is 0.254 e. The van der Waals surface area contributed by atoms with Crippen LogP contribution >= 0.6 is 11.8 Å². The SMILES string of the molecule is Fc1c(F)c(F)c(CSc2ncn[nH]2)c(F)c1F. The Morgan fingerprint density at radius 1 is 0.944 bits per heavy atom. The molecule has 0 unspecified atom stereocenters. The third-order valence-corrected chi connectivity index (χ3v) is 2.95. The van der Waals surface area contributed by atoms with Crippen molar-refractivity contribution < 1.29 is 22.0 Å². The van der Waals surface area contributed by atoms with Crippen molar-refractivity contribution >= 4 is 11.8 Å². The first-order valence-electron chi connectivity index (χ1n) is 4.50. The molecule has 1 aromatic carbocycles. The molecular weight excluding hydrogens is 277 g/mol. The van der Waals surface area contributed by atoms with Gasteiger partial charge in [-0.3, -0.25) is 5.10 Å². The first-order chi connectivity index (χ1) is 8.52. The third-order valence-electron chi connectivity index (χ3n) is 2.05. The molecule has 1 N–H and O–H groups in total. The highest BCUT2D eigenvalue weighted by Gasteiger charge is 2.25. The average molecular weight is 281 g/mol. The van der Waals surface area contributed by atoms with Crippen molar-refractivity contribution in [1.29, 1.82) is 0 Å². The lowest BCUT2D eigenvalue weighted by atomic mass is 10.2. The summed E-state index contributed by atoms with van der Waals surface area (Å²) in [5.41, 5.74) is -0.896. The van der Waals surface area contributed by atoms with E-state index in [0.717, 1.165) is 18.1 Å². The summed E-state index contributed by atoms with van der Waals surface area (Å²) in [5, 5.41) is 6.07. The van der Waals surface area contributed by atoms with Crippen LogP contribution in [0.1, 0.15) is 5.56 Å². The van der Waals surface area contributed by atoms with E-state index in [9.17, 15) is 22.0 Å². The predicted octanol–water partition coefficient (Wildman–Crippen LogP) is 2.79. The topological polar surface area (TPSA) is 41.6 Å². The van der Waals surface area contributed by atoms with Crippen LogP contribution in [0.4, 0.5) is 22.0 Å². The summed E-state index contributed by atoms with van der Waals surface area (Å²) in [6.45, 7) is 0. The maximum Gasteiger partial charge on any atom is 0.200 e. The number of aromatic nitrogens is 3. The summed E-state index contributed by atoms with van der Waals surface area (Å²) in [6, 6.07) is 0. The van der Waals surface area contributed by atoms with Crippen LogP contribution in [-0.4, -0.2) is 15.2 Å². The Kier molecular flexibility index (Phi) is 3.50. The van der Waals surface area contributed by atoms with Gasteiger partial charge in [0, 0.05) is 11.3 Å². The van der Waals surface area contributed by atoms with Crippen molar-refractivity contribution in [2.45, 2.75) is 10.9 Å². The lowest BCUT2D eigenvalue weighted by molar-refractivity contribution is 0.372. The van der Waals surface area contributed by atoms with E-state index in [1.807, 2.05) is 0 Å². The highest BCUT2D eigenvalue weighted by molar-refractivity contribution is 7.98. The van der Waals surface area contributed by atoms with Crippen LogP contribution in [0.25, 0.3) is 0 Å². The van der Waals surface area contributed by atoms with Crippen molar-refractivity contribution in [3.8, 4) is 0 Å². The summed E-state index contributed by atoms with van der Waals surface area (Å²) in [7, 11) is 0. The highest BCUT2D eigenvalue weighted by Crippen LogP contribution is 2.27. The summed E-state index contributed by atoms with van der Waals surface area (Å²) in [6.07, 6.45) is 1.15. The number of halogens is 5. The van der Waals surface area contributed by atoms with E-state index < -0.39 is 40.4 Å². The summed E-state index contributed by atoms with van der Waals surface area (Å²) in [5.74, 6) is -10.2. The maximum atomic E-state index is 13.3. The fourth-order valence-electron chi connectivity index (χ4n) is 1.18. The molecule has 3 nitrogen and oxygen atoms in total. The van der Waals surface area contributed by atoms with Crippen LogP contribution in [0.3, 0.4) is 0 Å². The van der Waals surface area contributed by atoms with Crippen LogP contribution in [0, 0.1) is 29.1 Å². The Hall–Kier alpha value is -1.64. The van der Waals surface area contributed by atoms with Crippen LogP contribution in [-0.2, 0) is 5.75 Å². The zero-order valence-corrected chi connectivity index (χ0v) is 9.29. The number of hydrogen-bond donors (Lipinski definition) is 1. The second kappa shape index (κ2) is 4.92. The number of H-pyrrole nitrogens is 1. The minimum atomic E-state index is -2.17. The maximum absolute atomic E-state index is 13.3. The van der Waals surface area contributed by atoms with Gasteiger partial charge in [0.15, 0.2) is 28.4 Å². The van der Waals surface area contributed by atoms with E-state index in [1.54, 1.807) is 0 Å². The van der Waals surface area contributed by atoms with Gasteiger partial charge in [-0.15, -0.1) is 0 Å². The van der Waals surface area contributed by atoms with Crippen LogP contribution in [0.2, 0.25) is 0 Å². The molecule has 0 aliphatic heterocycles. The number of hydrogen-bond acceptors (Lipinski definition) is 3. The Morgan fingerprint density at radius 3 is 2.00 bits per heavy atom. The van der Waals surface area contributed by atoms with Crippen LogP contribution in [0.5, 0.6) is 0 Å². The minimum absolute atomic E-state index is 0.207. The van der Waals surface area contributed by atoms with E-state index in [2.05, 4.69) is 15.2 Å². The van der Waals surface area contributed by atoms with Gasteiger partial charge in [-0.2, -0.15) is 5.10 Å². The van der Waals surface area contributed by atoms with E-state index in [4.69, 9.17) is 0 Å². The quantitative estimate of drug-likeness (QED) is 0.407. The van der Waals surface area contributed by atoms with Gasteiger partial charge in [-0.25, -0.2) is 26.9 Å². The van der Waals surface area contributed by atoms with Crippen molar-refractivity contribution in [3.05, 3.63) is 41.0 Å². The van der Waals surface area contributed by atoms with Gasteiger partial charge in [0.05, 0.1) is 0 Å². The molecule has 2 rings (SSSR count). The Labute approximate surface area is 101 Å². The number of nitrogens with zero attached hydrogens (tertiary/aromatic N) is 2. The first-order valence-corrected chi connectivity index (χ1v) is 5.49. The van der Waals surface area contributed by atoms with Gasteiger partial charge in [0.1, 0.15) is 6.33 Å². The fourth-order valence-corrected chi connectivity index (χ4v) is 1.95. The Morgan fingerprint density at radius 2 is 1.50 bits per heavy atom. The number of aromatic amines is 1. The van der Waals surface area contributed by atoms with E-state index in [-0.39, 0.29) is 5.16 Å². The predicted molar refractivity (Wildman–Crippen MR) is 52.2 cm³/mol. The number of thioether (sulfide) groups is 1. The molecule has 1 heterocycles. The third kappa shape index (κ3) is 2.17. The van der Waals surface area contributed by atoms with Gasteiger partial charge in [0.2, 0.25) is 5.82 Å². The molecule has 0 atom stereocenters. The zero-order chi connectivity index (χ0) is 13.3. The van der Waals surface area contributed by atoms with Crippen LogP contribution < -0.4 is 0 Å². The molecule has 0 saturated heterocycles. The molecule has 9 heteroatoms.